The maximum absolute atomic E-state index is 2.34. The van der Waals surface area contributed by atoms with E-state index in [4.69, 9.17) is 0 Å². The highest BCUT2D eigenvalue weighted by Crippen LogP contribution is 2.47. The molecule has 0 spiro atoms. The molecule has 0 heteroatoms. The van der Waals surface area contributed by atoms with Gasteiger partial charge in [-0.05, 0) is 176 Å². The van der Waals surface area contributed by atoms with Crippen molar-refractivity contribution in [2.24, 2.45) is 0 Å². The number of fused-ring (bicyclic) bond motifs is 8. The van der Waals surface area contributed by atoms with Crippen LogP contribution in [0.5, 0.6) is 0 Å². The van der Waals surface area contributed by atoms with Crippen LogP contribution < -0.4 is 0 Å². The molecule has 17 aromatic rings. The molecule has 0 aromatic heterocycles. The molecule has 0 bridgehead atoms. The summed E-state index contributed by atoms with van der Waals surface area (Å²) in [4.78, 5) is 0. The van der Waals surface area contributed by atoms with Gasteiger partial charge in [-0.2, -0.15) is 0 Å². The van der Waals surface area contributed by atoms with Crippen LogP contribution in [0.1, 0.15) is 14.9 Å². The van der Waals surface area contributed by atoms with E-state index >= 15 is 0 Å². The van der Waals surface area contributed by atoms with Crippen LogP contribution in [0.3, 0.4) is 0 Å². The van der Waals surface area contributed by atoms with Crippen molar-refractivity contribution in [3.05, 3.63) is 340 Å². The van der Waals surface area contributed by atoms with E-state index in [0.717, 1.165) is 0 Å². The summed E-state index contributed by atoms with van der Waals surface area (Å²) in [6.45, 7) is 0. The van der Waals surface area contributed by atoms with Crippen LogP contribution in [0.4, 0.5) is 0 Å². The van der Waals surface area contributed by atoms with Gasteiger partial charge in [0.2, 0.25) is 0 Å². The molecule has 0 aliphatic rings. The summed E-state index contributed by atoms with van der Waals surface area (Å²) < 4.78 is 0. The first-order valence-electron chi connectivity index (χ1n) is 29.8. The molecular formula is C88H64. The monoisotopic (exact) mass is 1120 g/mol. The fraction of sp³-hybridized carbons (Fsp3) is 0.0227. The lowest BCUT2D eigenvalue weighted by molar-refractivity contribution is 1.62. The van der Waals surface area contributed by atoms with Gasteiger partial charge < -0.3 is 0 Å². The lowest BCUT2D eigenvalue weighted by atomic mass is 9.85. The second-order valence-electron chi connectivity index (χ2n) is 22.6. The molecule has 88 heavy (non-hydrogen) atoms. The fourth-order valence-corrected chi connectivity index (χ4v) is 13.6. The molecule has 0 amide bonds. The molecular weight excluding hydrogens is 1060 g/mol. The van der Waals surface area contributed by atoms with Crippen LogP contribution in [-0.4, -0.2) is 0 Å². The smallest absolute Gasteiger partial charge is 0.00262 e. The minimum Gasteiger partial charge on any atom is -0.0776 e. The van der Waals surface area contributed by atoms with E-state index in [2.05, 4.69) is 340 Å². The van der Waals surface area contributed by atoms with E-state index in [1.54, 1.807) is 0 Å². The van der Waals surface area contributed by atoms with Crippen molar-refractivity contribution in [2.45, 2.75) is 14.9 Å². The Hall–Kier alpha value is -11.2. The predicted molar refractivity (Wildman–Crippen MR) is 384 cm³/mol. The fourth-order valence-electron chi connectivity index (χ4n) is 13.6. The summed E-state index contributed by atoms with van der Waals surface area (Å²) in [7, 11) is 0. The Morgan fingerprint density at radius 1 is 0.125 bits per heavy atom. The Bertz CT molecular complexity index is 5310. The van der Waals surface area contributed by atoms with Gasteiger partial charge in [0, 0.05) is 0 Å². The zero-order valence-electron chi connectivity index (χ0n) is 47.3. The molecule has 0 aliphatic carbocycles. The largest absolute Gasteiger partial charge is 0.0776 e. The quantitative estimate of drug-likeness (QED) is 0.140. The Labute approximate surface area is 515 Å². The van der Waals surface area contributed by atoms with Crippen molar-refractivity contribution in [3.63, 3.8) is 0 Å². The topological polar surface area (TPSA) is 0 Å². The van der Waals surface area contributed by atoms with Gasteiger partial charge in [-0.3, -0.25) is 0 Å². The number of hydrogen-bond donors (Lipinski definition) is 0. The molecule has 0 radical (unpaired) electrons. The molecule has 0 heterocycles. The highest BCUT2D eigenvalue weighted by atomic mass is 14.2. The first-order chi connectivity index (χ1) is 42.7. The highest BCUT2D eigenvalue weighted by molar-refractivity contribution is 6.23. The van der Waals surface area contributed by atoms with Gasteiger partial charge in [-0.25, -0.2) is 0 Å². The third-order valence-electron chi connectivity index (χ3n) is 17.7. The summed E-state index contributed by atoms with van der Waals surface area (Å²) in [6.07, 6.45) is 0. The van der Waals surface area contributed by atoms with Crippen molar-refractivity contribution in [1.82, 2.24) is 0 Å². The van der Waals surface area contributed by atoms with Crippen LogP contribution >= 0.6 is 0 Å². The molecule has 416 valence electrons. The van der Waals surface area contributed by atoms with Crippen LogP contribution in [0.15, 0.2) is 340 Å². The van der Waals surface area contributed by atoms with Gasteiger partial charge >= 0.3 is 0 Å². The molecule has 0 N–H and O–H groups in total. The first kappa shape index (κ1) is 54.7. The lowest BCUT2D eigenvalue weighted by Crippen LogP contribution is -1.91. The average Bonchev–Trinajstić information content (AvgIpc) is 0.817. The third kappa shape index (κ3) is 9.72. The lowest BCUT2D eigenvalue weighted by Gasteiger charge is -2.18. The molecule has 0 saturated heterocycles. The summed E-state index contributed by atoms with van der Waals surface area (Å²) in [5, 5.41) is 20.4. The molecule has 0 unspecified atom stereocenters. The Kier molecular flexibility index (Phi) is 14.5. The first-order valence-corrected chi connectivity index (χ1v) is 29.8. The minimum absolute atomic E-state index is 0. The normalized spacial score (nSPS) is 11.2. The van der Waals surface area contributed by atoms with Crippen molar-refractivity contribution >= 4 is 86.2 Å². The van der Waals surface area contributed by atoms with Crippen molar-refractivity contribution in [3.8, 4) is 77.9 Å². The van der Waals surface area contributed by atoms with E-state index in [1.807, 2.05) is 0 Å². The van der Waals surface area contributed by atoms with Gasteiger partial charge in [0.15, 0.2) is 0 Å². The van der Waals surface area contributed by atoms with Crippen LogP contribution in [-0.2, 0) is 0 Å². The summed E-state index contributed by atoms with van der Waals surface area (Å²) in [5.41, 5.74) is 17.6. The van der Waals surface area contributed by atoms with E-state index in [-0.39, 0.29) is 14.9 Å². The molecule has 0 atom stereocenters. The number of benzene rings is 17. The molecule has 0 saturated carbocycles. The number of hydrogen-bond acceptors (Lipinski definition) is 0. The van der Waals surface area contributed by atoms with Crippen molar-refractivity contribution in [1.29, 1.82) is 0 Å². The van der Waals surface area contributed by atoms with Crippen molar-refractivity contribution < 1.29 is 0 Å². The van der Waals surface area contributed by atoms with E-state index in [0.29, 0.717) is 0 Å². The van der Waals surface area contributed by atoms with Gasteiger partial charge in [-0.15, -0.1) is 0 Å². The van der Waals surface area contributed by atoms with Gasteiger partial charge in [0.25, 0.3) is 0 Å². The van der Waals surface area contributed by atoms with E-state index < -0.39 is 0 Å². The standard InChI is InChI=1S/C46H30.C40H26.2CH4/c1-2-12-37-30-38(29-22-31(37)10-1)32-20-25-35(26-21-32)45-41-15-5-7-17-43(41)46(44-18-8-6-16-42(44)45)36-27-23-34(24-28-36)40-19-9-13-33-11-3-4-14-39(33)40;1-2-12-31-26-32(25-20-27(31)10-1)40-37-17-7-5-15-35(37)39(36-16-6-8-18-38(36)40)30-23-21-29(22-24-30)34-19-9-13-28-11-3-4-14-33(28)34;;/h1-30H;1-26H;2*1H4. The summed E-state index contributed by atoms with van der Waals surface area (Å²) in [5.74, 6) is 0. The third-order valence-corrected chi connectivity index (χ3v) is 17.7. The highest BCUT2D eigenvalue weighted by Gasteiger charge is 2.19. The zero-order chi connectivity index (χ0) is 56.9. The molecule has 0 fully saturated rings. The second-order valence-corrected chi connectivity index (χ2v) is 22.6. The Balaban J connectivity index is 0.000000153. The molecule has 17 aromatic carbocycles. The molecule has 0 aliphatic heterocycles. The number of rotatable bonds is 7. The van der Waals surface area contributed by atoms with E-state index in [9.17, 15) is 0 Å². The second kappa shape index (κ2) is 23.4. The van der Waals surface area contributed by atoms with Crippen LogP contribution in [0.25, 0.3) is 164 Å². The Morgan fingerprint density at radius 3 is 0.705 bits per heavy atom. The van der Waals surface area contributed by atoms with Gasteiger partial charge in [-0.1, -0.05) is 342 Å². The van der Waals surface area contributed by atoms with E-state index in [1.165, 1.54) is 164 Å². The summed E-state index contributed by atoms with van der Waals surface area (Å²) in [6, 6.07) is 124. The maximum atomic E-state index is 2.34. The van der Waals surface area contributed by atoms with Crippen molar-refractivity contribution in [2.75, 3.05) is 0 Å². The van der Waals surface area contributed by atoms with Gasteiger partial charge in [0.1, 0.15) is 0 Å². The SMILES string of the molecule is C.C.c1ccc2cc(-c3c4ccccc4c(-c4ccc(-c5cccc6ccccc56)cc4)c4ccccc34)ccc2c1.c1ccc2cc(-c3ccc(-c4c5ccccc5c(-c5ccc(-c6cccc7ccccc67)cc5)c5ccccc45)cc3)ccc2c1. The zero-order valence-corrected chi connectivity index (χ0v) is 47.3. The average molecular weight is 1120 g/mol. The predicted octanol–water partition coefficient (Wildman–Crippen LogP) is 25.5. The van der Waals surface area contributed by atoms with Gasteiger partial charge in [0.05, 0.1) is 0 Å². The minimum atomic E-state index is 0. The maximum Gasteiger partial charge on any atom is -0.00262 e. The molecule has 0 nitrogen and oxygen atoms in total. The van der Waals surface area contributed by atoms with Crippen LogP contribution in [0, 0.1) is 0 Å². The Morgan fingerprint density at radius 2 is 0.352 bits per heavy atom. The summed E-state index contributed by atoms with van der Waals surface area (Å²) >= 11 is 0. The molecule has 17 rings (SSSR count). The van der Waals surface area contributed by atoms with Crippen LogP contribution in [0.2, 0.25) is 0 Å².